The minimum Gasteiger partial charge on any atom is -0.337 e. The van der Waals surface area contributed by atoms with Crippen LogP contribution in [0.15, 0.2) is 18.3 Å². The minimum absolute atomic E-state index is 0.674. The minimum atomic E-state index is 0.674. The Balaban J connectivity index is 1.76. The van der Waals surface area contributed by atoms with Crippen molar-refractivity contribution in [1.82, 2.24) is 15.0 Å². The summed E-state index contributed by atoms with van der Waals surface area (Å²) < 4.78 is 0.718. The van der Waals surface area contributed by atoms with Crippen LogP contribution in [-0.2, 0) is 19.3 Å². The lowest BCUT2D eigenvalue weighted by Crippen LogP contribution is -2.18. The van der Waals surface area contributed by atoms with Gasteiger partial charge in [-0.3, -0.25) is 4.98 Å². The molecule has 4 heteroatoms. The highest BCUT2D eigenvalue weighted by atomic mass is 32.1. The fraction of sp³-hybridized carbons (Fsp3) is 0.429. The molecule has 0 fully saturated rings. The maximum atomic E-state index is 5.06. The van der Waals surface area contributed by atoms with Gasteiger partial charge in [-0.2, -0.15) is 0 Å². The molecule has 0 spiro atoms. The molecule has 0 amide bonds. The summed E-state index contributed by atoms with van der Waals surface area (Å²) in [6.07, 6.45) is 6.52. The van der Waals surface area contributed by atoms with Crippen LogP contribution in [0.5, 0.6) is 0 Å². The van der Waals surface area contributed by atoms with Crippen molar-refractivity contribution in [2.75, 3.05) is 0 Å². The Kier molecular flexibility index (Phi) is 3.04. The average molecular weight is 259 g/mol. The van der Waals surface area contributed by atoms with Crippen LogP contribution in [0.25, 0.3) is 0 Å². The van der Waals surface area contributed by atoms with Gasteiger partial charge in [-0.05, 0) is 62.4 Å². The van der Waals surface area contributed by atoms with Crippen LogP contribution >= 0.6 is 12.2 Å². The van der Waals surface area contributed by atoms with E-state index in [1.807, 2.05) is 6.20 Å². The van der Waals surface area contributed by atoms with Gasteiger partial charge in [-0.25, -0.2) is 0 Å². The number of nitrogens with one attached hydrogen (secondary N) is 2. The van der Waals surface area contributed by atoms with Crippen molar-refractivity contribution in [3.05, 3.63) is 45.7 Å². The molecule has 1 atom stereocenters. The lowest BCUT2D eigenvalue weighted by atomic mass is 9.84. The van der Waals surface area contributed by atoms with Crippen LogP contribution in [0.3, 0.4) is 0 Å². The van der Waals surface area contributed by atoms with Crippen molar-refractivity contribution >= 4 is 12.2 Å². The highest BCUT2D eigenvalue weighted by Gasteiger charge is 2.20. The van der Waals surface area contributed by atoms with Gasteiger partial charge < -0.3 is 9.97 Å². The third-order valence-electron chi connectivity index (χ3n) is 3.67. The third kappa shape index (κ3) is 2.38. The summed E-state index contributed by atoms with van der Waals surface area (Å²) >= 11 is 5.06. The van der Waals surface area contributed by atoms with E-state index in [-0.39, 0.29) is 0 Å². The first kappa shape index (κ1) is 11.7. The van der Waals surface area contributed by atoms with Gasteiger partial charge in [0, 0.05) is 23.3 Å². The Morgan fingerprint density at radius 3 is 3.11 bits per heavy atom. The summed E-state index contributed by atoms with van der Waals surface area (Å²) in [5.74, 6) is 0.674. The molecule has 2 heterocycles. The van der Waals surface area contributed by atoms with E-state index in [0.29, 0.717) is 5.92 Å². The number of aryl methyl sites for hydroxylation is 2. The van der Waals surface area contributed by atoms with Gasteiger partial charge in [-0.15, -0.1) is 0 Å². The van der Waals surface area contributed by atoms with Gasteiger partial charge in [0.2, 0.25) is 0 Å². The van der Waals surface area contributed by atoms with Crippen molar-refractivity contribution in [2.45, 2.75) is 32.6 Å². The van der Waals surface area contributed by atoms with Gasteiger partial charge in [0.15, 0.2) is 4.77 Å². The van der Waals surface area contributed by atoms with E-state index in [2.05, 4.69) is 34.0 Å². The highest BCUT2D eigenvalue weighted by molar-refractivity contribution is 7.71. The molecule has 94 valence electrons. The number of hydrogen-bond donors (Lipinski definition) is 2. The first-order valence-corrected chi connectivity index (χ1v) is 6.83. The van der Waals surface area contributed by atoms with E-state index in [0.717, 1.165) is 29.7 Å². The highest BCUT2D eigenvalue weighted by Crippen LogP contribution is 2.26. The number of hydrogen-bond acceptors (Lipinski definition) is 2. The second kappa shape index (κ2) is 4.69. The van der Waals surface area contributed by atoms with E-state index in [4.69, 9.17) is 12.2 Å². The number of nitrogens with zero attached hydrogens (tertiary/aromatic N) is 1. The Labute approximate surface area is 112 Å². The maximum absolute atomic E-state index is 5.06. The number of fused-ring (bicyclic) bond motifs is 1. The van der Waals surface area contributed by atoms with Gasteiger partial charge >= 0.3 is 0 Å². The normalized spacial score (nSPS) is 18.6. The van der Waals surface area contributed by atoms with Crippen LogP contribution in [0.1, 0.15) is 29.1 Å². The first-order chi connectivity index (χ1) is 8.70. The predicted octanol–water partition coefficient (Wildman–Crippen LogP) is 3.12. The van der Waals surface area contributed by atoms with Gasteiger partial charge in [0.25, 0.3) is 0 Å². The van der Waals surface area contributed by atoms with Gasteiger partial charge in [0.1, 0.15) is 0 Å². The van der Waals surface area contributed by atoms with Crippen LogP contribution in [0.4, 0.5) is 0 Å². The zero-order valence-corrected chi connectivity index (χ0v) is 11.3. The van der Waals surface area contributed by atoms with E-state index in [9.17, 15) is 0 Å². The van der Waals surface area contributed by atoms with E-state index in [1.54, 1.807) is 0 Å². The fourth-order valence-electron chi connectivity index (χ4n) is 2.74. The summed E-state index contributed by atoms with van der Waals surface area (Å²) in [7, 11) is 0. The Hall–Kier alpha value is -1.42. The lowest BCUT2D eigenvalue weighted by molar-refractivity contribution is 0.444. The third-order valence-corrected chi connectivity index (χ3v) is 3.89. The van der Waals surface area contributed by atoms with Crippen LogP contribution < -0.4 is 0 Å². The smallest absolute Gasteiger partial charge is 0.174 e. The second-order valence-electron chi connectivity index (χ2n) is 5.14. The first-order valence-electron chi connectivity index (χ1n) is 6.42. The topological polar surface area (TPSA) is 44.5 Å². The molecule has 3 rings (SSSR count). The predicted molar refractivity (Wildman–Crippen MR) is 74.2 cm³/mol. The molecule has 1 aliphatic carbocycles. The number of pyridine rings is 1. The lowest BCUT2D eigenvalue weighted by Gasteiger charge is -2.23. The monoisotopic (exact) mass is 259 g/mol. The summed E-state index contributed by atoms with van der Waals surface area (Å²) in [5.41, 5.74) is 5.05. The molecule has 0 saturated heterocycles. The van der Waals surface area contributed by atoms with Crippen molar-refractivity contribution in [1.29, 1.82) is 0 Å². The van der Waals surface area contributed by atoms with Gasteiger partial charge in [0.05, 0.1) is 0 Å². The SMILES string of the molecule is Cc1ccc2c(n1)C[C@@H](Cc1c[nH]c(=S)[nH]1)CC2. The van der Waals surface area contributed by atoms with Gasteiger partial charge in [-0.1, -0.05) is 6.07 Å². The quantitative estimate of drug-likeness (QED) is 0.814. The van der Waals surface area contributed by atoms with E-state index < -0.39 is 0 Å². The molecule has 0 radical (unpaired) electrons. The molecule has 0 saturated carbocycles. The van der Waals surface area contributed by atoms with E-state index in [1.165, 1.54) is 23.4 Å². The largest absolute Gasteiger partial charge is 0.337 e. The summed E-state index contributed by atoms with van der Waals surface area (Å²) in [6.45, 7) is 2.06. The zero-order valence-electron chi connectivity index (χ0n) is 10.5. The van der Waals surface area contributed by atoms with Crippen LogP contribution in [-0.4, -0.2) is 15.0 Å². The van der Waals surface area contributed by atoms with Crippen molar-refractivity contribution < 1.29 is 0 Å². The number of imidazole rings is 1. The Morgan fingerprint density at radius 2 is 2.33 bits per heavy atom. The second-order valence-corrected chi connectivity index (χ2v) is 5.55. The standard InChI is InChI=1S/C14H17N3S/c1-9-2-4-11-5-3-10(7-13(11)16-9)6-12-8-15-14(18)17-12/h2,4,8,10H,3,5-7H2,1H3,(H2,15,17,18)/t10-/m1/s1. The van der Waals surface area contributed by atoms with Crippen molar-refractivity contribution in [3.8, 4) is 0 Å². The Morgan fingerprint density at radius 1 is 1.44 bits per heavy atom. The average Bonchev–Trinajstić information content (AvgIpc) is 2.74. The van der Waals surface area contributed by atoms with E-state index >= 15 is 0 Å². The number of aromatic nitrogens is 3. The molecule has 0 unspecified atom stereocenters. The molecule has 2 N–H and O–H groups in total. The number of aromatic amines is 2. The Bertz CT molecular complexity index is 611. The molecular weight excluding hydrogens is 242 g/mol. The molecule has 1 aliphatic rings. The molecule has 0 aliphatic heterocycles. The summed E-state index contributed by atoms with van der Waals surface area (Å²) in [5, 5.41) is 0. The molecule has 2 aromatic rings. The number of rotatable bonds is 2. The fourth-order valence-corrected chi connectivity index (χ4v) is 2.93. The summed E-state index contributed by atoms with van der Waals surface area (Å²) in [6, 6.07) is 4.35. The molecular formula is C14H17N3S. The molecule has 18 heavy (non-hydrogen) atoms. The maximum Gasteiger partial charge on any atom is 0.174 e. The molecule has 0 bridgehead atoms. The molecule has 3 nitrogen and oxygen atoms in total. The zero-order chi connectivity index (χ0) is 12.5. The molecule has 0 aromatic carbocycles. The number of H-pyrrole nitrogens is 2. The van der Waals surface area contributed by atoms with Crippen LogP contribution in [0.2, 0.25) is 0 Å². The van der Waals surface area contributed by atoms with Crippen LogP contribution in [0, 0.1) is 17.6 Å². The molecule has 2 aromatic heterocycles. The van der Waals surface area contributed by atoms with Crippen molar-refractivity contribution in [3.63, 3.8) is 0 Å². The summed E-state index contributed by atoms with van der Waals surface area (Å²) in [4.78, 5) is 10.9. The van der Waals surface area contributed by atoms with Crippen molar-refractivity contribution in [2.24, 2.45) is 5.92 Å².